The molecule has 1 saturated heterocycles. The topological polar surface area (TPSA) is 61.8 Å². The number of amides is 2. The highest BCUT2D eigenvalue weighted by molar-refractivity contribution is 6.39. The van der Waals surface area contributed by atoms with E-state index in [-0.39, 0.29) is 11.8 Å². The second-order valence-electron chi connectivity index (χ2n) is 5.47. The van der Waals surface area contributed by atoms with Crippen LogP contribution in [0.25, 0.3) is 0 Å². The maximum absolute atomic E-state index is 12.3. The molecular weight excluding hydrogens is 242 g/mol. The lowest BCUT2D eigenvalue weighted by atomic mass is 9.96. The minimum absolute atomic E-state index is 0.0112. The highest BCUT2D eigenvalue weighted by atomic mass is 16.2. The van der Waals surface area contributed by atoms with Crippen LogP contribution in [0.3, 0.4) is 0 Å². The van der Waals surface area contributed by atoms with Gasteiger partial charge in [0.15, 0.2) is 0 Å². The van der Waals surface area contributed by atoms with Gasteiger partial charge in [-0.2, -0.15) is 5.10 Å². The average Bonchev–Trinajstić information content (AvgIpc) is 2.65. The third-order valence-corrected chi connectivity index (χ3v) is 3.98. The molecule has 5 nitrogen and oxygen atoms in total. The van der Waals surface area contributed by atoms with E-state index in [2.05, 4.69) is 17.5 Å². The van der Waals surface area contributed by atoms with Crippen molar-refractivity contribution in [1.29, 1.82) is 0 Å². The Morgan fingerprint density at radius 2 is 2.21 bits per heavy atom. The second-order valence-corrected chi connectivity index (χ2v) is 5.47. The number of likely N-dealkylation sites (tertiary alicyclic amines) is 1. The average molecular weight is 265 g/mol. The summed E-state index contributed by atoms with van der Waals surface area (Å²) in [6, 6.07) is 0. The minimum Gasteiger partial charge on any atom is -0.338 e. The van der Waals surface area contributed by atoms with Gasteiger partial charge in [0.05, 0.1) is 0 Å². The van der Waals surface area contributed by atoms with Crippen LogP contribution < -0.4 is 5.43 Å². The molecule has 1 N–H and O–H groups in total. The number of nitrogens with zero attached hydrogens (tertiary/aromatic N) is 2. The van der Waals surface area contributed by atoms with Crippen LogP contribution in [0.5, 0.6) is 0 Å². The summed E-state index contributed by atoms with van der Waals surface area (Å²) in [6.07, 6.45) is 6.73. The molecule has 1 fully saturated rings. The van der Waals surface area contributed by atoms with Crippen molar-refractivity contribution in [3.8, 4) is 0 Å². The van der Waals surface area contributed by atoms with E-state index in [1.807, 2.05) is 4.90 Å². The molecule has 1 atom stereocenters. The Kier molecular flexibility index (Phi) is 4.93. The number of carbonyl (C=O) groups excluding carboxylic acids is 2. The van der Waals surface area contributed by atoms with Crippen molar-refractivity contribution in [2.24, 2.45) is 11.0 Å². The lowest BCUT2D eigenvalue weighted by Gasteiger charge is -2.22. The van der Waals surface area contributed by atoms with Gasteiger partial charge in [0.2, 0.25) is 5.91 Å². The van der Waals surface area contributed by atoms with Crippen LogP contribution in [0.15, 0.2) is 5.10 Å². The Balaban J connectivity index is 1.91. The SMILES string of the molecule is CCCC1CCCN(C(=O)C2=NNC(=O)CC2)CC1. The standard InChI is InChI=1S/C14H23N3O2/c1-2-4-11-5-3-9-17(10-8-11)14(19)12-6-7-13(18)16-15-12/h11H,2-10H2,1H3,(H,16,18). The first-order valence-corrected chi connectivity index (χ1v) is 7.35. The van der Waals surface area contributed by atoms with Crippen molar-refractivity contribution >= 4 is 17.5 Å². The summed E-state index contributed by atoms with van der Waals surface area (Å²) < 4.78 is 0. The fourth-order valence-electron chi connectivity index (χ4n) is 2.88. The maximum atomic E-state index is 12.3. The van der Waals surface area contributed by atoms with Crippen LogP contribution in [0.1, 0.15) is 51.9 Å². The van der Waals surface area contributed by atoms with Crippen molar-refractivity contribution in [3.05, 3.63) is 0 Å². The number of rotatable bonds is 3. The largest absolute Gasteiger partial charge is 0.338 e. The molecule has 2 aliphatic heterocycles. The van der Waals surface area contributed by atoms with Crippen LogP contribution >= 0.6 is 0 Å². The molecule has 2 aliphatic rings. The van der Waals surface area contributed by atoms with Gasteiger partial charge in [-0.3, -0.25) is 9.59 Å². The number of hydrazone groups is 1. The first-order valence-electron chi connectivity index (χ1n) is 7.35. The minimum atomic E-state index is -0.101. The Morgan fingerprint density at radius 1 is 1.37 bits per heavy atom. The predicted octanol–water partition coefficient (Wildman–Crippen LogP) is 1.68. The summed E-state index contributed by atoms with van der Waals surface area (Å²) in [7, 11) is 0. The van der Waals surface area contributed by atoms with Gasteiger partial charge in [0.25, 0.3) is 5.91 Å². The summed E-state index contributed by atoms with van der Waals surface area (Å²) >= 11 is 0. The molecule has 106 valence electrons. The summed E-state index contributed by atoms with van der Waals surface area (Å²) in [5.74, 6) is 0.670. The highest BCUT2D eigenvalue weighted by Gasteiger charge is 2.25. The van der Waals surface area contributed by atoms with E-state index in [0.717, 1.165) is 31.8 Å². The molecule has 2 rings (SSSR count). The van der Waals surface area contributed by atoms with Crippen molar-refractivity contribution in [2.75, 3.05) is 13.1 Å². The second kappa shape index (κ2) is 6.68. The molecule has 0 saturated carbocycles. The summed E-state index contributed by atoms with van der Waals surface area (Å²) in [6.45, 7) is 3.87. The number of hydrogen-bond acceptors (Lipinski definition) is 3. The first-order chi connectivity index (χ1) is 9.20. The molecule has 2 heterocycles. The molecule has 2 amide bonds. The zero-order valence-corrected chi connectivity index (χ0v) is 11.7. The molecular formula is C14H23N3O2. The Hall–Kier alpha value is -1.39. The predicted molar refractivity (Wildman–Crippen MR) is 73.6 cm³/mol. The Morgan fingerprint density at radius 3 is 2.89 bits per heavy atom. The molecule has 19 heavy (non-hydrogen) atoms. The molecule has 0 aromatic rings. The monoisotopic (exact) mass is 265 g/mol. The van der Waals surface area contributed by atoms with Gasteiger partial charge in [-0.1, -0.05) is 19.8 Å². The molecule has 0 spiro atoms. The fraction of sp³-hybridized carbons (Fsp3) is 0.786. The van der Waals surface area contributed by atoms with Gasteiger partial charge >= 0.3 is 0 Å². The quantitative estimate of drug-likeness (QED) is 0.844. The van der Waals surface area contributed by atoms with Crippen LogP contribution in [0, 0.1) is 5.92 Å². The lowest BCUT2D eigenvalue weighted by Crippen LogP contribution is -2.40. The van der Waals surface area contributed by atoms with E-state index < -0.39 is 0 Å². The zero-order chi connectivity index (χ0) is 13.7. The van der Waals surface area contributed by atoms with E-state index in [1.165, 1.54) is 19.3 Å². The number of hydrogen-bond donors (Lipinski definition) is 1. The summed E-state index contributed by atoms with van der Waals surface area (Å²) in [4.78, 5) is 25.3. The van der Waals surface area contributed by atoms with Crippen LogP contribution in [0.2, 0.25) is 0 Å². The van der Waals surface area contributed by atoms with E-state index in [0.29, 0.717) is 18.6 Å². The van der Waals surface area contributed by atoms with Crippen LogP contribution in [0.4, 0.5) is 0 Å². The van der Waals surface area contributed by atoms with E-state index >= 15 is 0 Å². The van der Waals surface area contributed by atoms with E-state index in [1.54, 1.807) is 0 Å². The number of carbonyl (C=O) groups is 2. The number of nitrogens with one attached hydrogen (secondary N) is 1. The molecule has 0 radical (unpaired) electrons. The summed E-state index contributed by atoms with van der Waals surface area (Å²) in [5.41, 5.74) is 2.91. The van der Waals surface area contributed by atoms with Crippen molar-refractivity contribution in [2.45, 2.75) is 51.9 Å². The zero-order valence-electron chi connectivity index (χ0n) is 11.7. The molecule has 0 aromatic carbocycles. The molecule has 0 aromatic heterocycles. The highest BCUT2D eigenvalue weighted by Crippen LogP contribution is 2.22. The van der Waals surface area contributed by atoms with Crippen LogP contribution in [-0.2, 0) is 9.59 Å². The first kappa shape index (κ1) is 14.0. The van der Waals surface area contributed by atoms with Crippen LogP contribution in [-0.4, -0.2) is 35.5 Å². The smallest absolute Gasteiger partial charge is 0.270 e. The van der Waals surface area contributed by atoms with Gasteiger partial charge in [-0.25, -0.2) is 5.43 Å². The fourth-order valence-corrected chi connectivity index (χ4v) is 2.88. The van der Waals surface area contributed by atoms with Gasteiger partial charge in [0.1, 0.15) is 5.71 Å². The molecule has 0 bridgehead atoms. The van der Waals surface area contributed by atoms with Gasteiger partial charge in [-0.15, -0.1) is 0 Å². The van der Waals surface area contributed by atoms with E-state index in [9.17, 15) is 9.59 Å². The Labute approximate surface area is 114 Å². The van der Waals surface area contributed by atoms with E-state index in [4.69, 9.17) is 0 Å². The molecule has 5 heteroatoms. The molecule has 1 unspecified atom stereocenters. The normalized spacial score (nSPS) is 24.5. The molecule has 0 aliphatic carbocycles. The van der Waals surface area contributed by atoms with Crippen molar-refractivity contribution < 1.29 is 9.59 Å². The van der Waals surface area contributed by atoms with Crippen molar-refractivity contribution in [3.63, 3.8) is 0 Å². The lowest BCUT2D eigenvalue weighted by molar-refractivity contribution is -0.124. The third-order valence-electron chi connectivity index (χ3n) is 3.98. The van der Waals surface area contributed by atoms with Gasteiger partial charge in [-0.05, 0) is 25.2 Å². The third kappa shape index (κ3) is 3.78. The summed E-state index contributed by atoms with van der Waals surface area (Å²) in [5, 5.41) is 3.90. The van der Waals surface area contributed by atoms with Gasteiger partial charge in [0, 0.05) is 25.9 Å². The Bertz CT molecular complexity index is 379. The van der Waals surface area contributed by atoms with Crippen molar-refractivity contribution in [1.82, 2.24) is 10.3 Å². The van der Waals surface area contributed by atoms with Gasteiger partial charge < -0.3 is 4.90 Å². The maximum Gasteiger partial charge on any atom is 0.270 e.